The average Bonchev–Trinajstić information content (AvgIpc) is 3.56. The number of hydrogen-bond acceptors (Lipinski definition) is 6. The summed E-state index contributed by atoms with van der Waals surface area (Å²) in [5, 5.41) is 18.3. The van der Waals surface area contributed by atoms with Crippen LogP contribution in [0, 0.1) is 19.8 Å². The van der Waals surface area contributed by atoms with Gasteiger partial charge in [-0.25, -0.2) is 0 Å². The number of nitrogens with zero attached hydrogens (tertiary/aromatic N) is 5. The van der Waals surface area contributed by atoms with E-state index in [9.17, 15) is 9.90 Å². The van der Waals surface area contributed by atoms with Crippen LogP contribution in [0.25, 0.3) is 23.0 Å². The number of rotatable bonds is 8. The molecule has 0 spiro atoms. The summed E-state index contributed by atoms with van der Waals surface area (Å²) in [6.07, 6.45) is 8.80. The molecule has 1 aromatic carbocycles. The summed E-state index contributed by atoms with van der Waals surface area (Å²) in [6.45, 7) is 9.91. The summed E-state index contributed by atoms with van der Waals surface area (Å²) < 4.78 is 7.78. The summed E-state index contributed by atoms with van der Waals surface area (Å²) in [5.41, 5.74) is 6.79. The molecule has 0 unspecified atom stereocenters. The molecule has 0 amide bonds. The Labute approximate surface area is 219 Å². The van der Waals surface area contributed by atoms with E-state index in [1.165, 1.54) is 54.5 Å². The van der Waals surface area contributed by atoms with E-state index < -0.39 is 5.97 Å². The number of likely N-dealkylation sites (tertiary alicyclic amines) is 1. The predicted molar refractivity (Wildman–Crippen MR) is 142 cm³/mol. The average molecular weight is 506 g/mol. The number of aliphatic carboxylic acids is 1. The number of carboxylic acid groups (broad SMARTS) is 1. The molecule has 198 valence electrons. The zero-order valence-electron chi connectivity index (χ0n) is 22.4. The lowest BCUT2D eigenvalue weighted by atomic mass is 9.87. The number of hydrogen-bond donors (Lipinski definition) is 1. The second kappa shape index (κ2) is 11.2. The molecule has 37 heavy (non-hydrogen) atoms. The SMILES string of the molecule is CCn1nc(-c2nc(-c3cc(C)c(CCN4CCC(C(=O)O)CC4)c(C)c3)no2)cc1C1CCCCC1. The highest BCUT2D eigenvalue weighted by Gasteiger charge is 2.25. The van der Waals surface area contributed by atoms with Gasteiger partial charge in [-0.15, -0.1) is 0 Å². The molecule has 0 bridgehead atoms. The molecule has 1 saturated heterocycles. The normalized spacial score (nSPS) is 17.9. The lowest BCUT2D eigenvalue weighted by Gasteiger charge is -2.30. The van der Waals surface area contributed by atoms with Gasteiger partial charge in [0, 0.05) is 30.3 Å². The summed E-state index contributed by atoms with van der Waals surface area (Å²) in [4.78, 5) is 18.3. The molecule has 0 radical (unpaired) electrons. The first-order chi connectivity index (χ1) is 17.9. The molecule has 0 atom stereocenters. The minimum Gasteiger partial charge on any atom is -0.481 e. The van der Waals surface area contributed by atoms with E-state index >= 15 is 0 Å². The van der Waals surface area contributed by atoms with Gasteiger partial charge in [0.2, 0.25) is 5.82 Å². The molecule has 3 heterocycles. The molecule has 3 aromatic rings. The maximum atomic E-state index is 11.2. The van der Waals surface area contributed by atoms with E-state index in [1.807, 2.05) is 0 Å². The second-order valence-electron chi connectivity index (χ2n) is 10.8. The van der Waals surface area contributed by atoms with Crippen LogP contribution in [-0.2, 0) is 17.8 Å². The fourth-order valence-corrected chi connectivity index (χ4v) is 6.15. The molecule has 8 heteroatoms. The first kappa shape index (κ1) is 25.6. The molecule has 1 aliphatic heterocycles. The highest BCUT2D eigenvalue weighted by Crippen LogP contribution is 2.35. The van der Waals surface area contributed by atoms with Gasteiger partial charge in [-0.05, 0) is 101 Å². The van der Waals surface area contributed by atoms with E-state index in [1.54, 1.807) is 0 Å². The Morgan fingerprint density at radius 2 is 1.76 bits per heavy atom. The van der Waals surface area contributed by atoms with E-state index in [0.717, 1.165) is 56.7 Å². The van der Waals surface area contributed by atoms with Crippen LogP contribution in [0.4, 0.5) is 0 Å². The molecular weight excluding hydrogens is 466 g/mol. The van der Waals surface area contributed by atoms with Gasteiger partial charge >= 0.3 is 5.97 Å². The largest absolute Gasteiger partial charge is 0.481 e. The maximum Gasteiger partial charge on any atom is 0.306 e. The van der Waals surface area contributed by atoms with Crippen LogP contribution in [-0.4, -0.2) is 55.5 Å². The van der Waals surface area contributed by atoms with E-state index in [4.69, 9.17) is 14.6 Å². The fourth-order valence-electron chi connectivity index (χ4n) is 6.15. The predicted octanol–water partition coefficient (Wildman–Crippen LogP) is 5.62. The van der Waals surface area contributed by atoms with Gasteiger partial charge in [0.05, 0.1) is 5.92 Å². The molecule has 1 saturated carbocycles. The highest BCUT2D eigenvalue weighted by molar-refractivity contribution is 5.70. The van der Waals surface area contributed by atoms with Crippen molar-refractivity contribution >= 4 is 5.97 Å². The van der Waals surface area contributed by atoms with Gasteiger partial charge in [0.15, 0.2) is 5.69 Å². The van der Waals surface area contributed by atoms with Crippen molar-refractivity contribution in [3.8, 4) is 23.0 Å². The number of benzene rings is 1. The number of piperidine rings is 1. The topological polar surface area (TPSA) is 97.3 Å². The zero-order valence-corrected chi connectivity index (χ0v) is 22.4. The lowest BCUT2D eigenvalue weighted by molar-refractivity contribution is -0.143. The maximum absolute atomic E-state index is 11.2. The Morgan fingerprint density at radius 3 is 2.41 bits per heavy atom. The molecular formula is C29H39N5O3. The van der Waals surface area contributed by atoms with Crippen molar-refractivity contribution < 1.29 is 14.4 Å². The number of aromatic nitrogens is 4. The van der Waals surface area contributed by atoms with Crippen LogP contribution < -0.4 is 0 Å². The molecule has 1 aliphatic carbocycles. The van der Waals surface area contributed by atoms with E-state index in [-0.39, 0.29) is 5.92 Å². The number of carboxylic acids is 1. The highest BCUT2D eigenvalue weighted by atomic mass is 16.5. The Balaban J connectivity index is 1.28. The van der Waals surface area contributed by atoms with E-state index in [2.05, 4.69) is 53.7 Å². The Hall–Kier alpha value is -3.00. The van der Waals surface area contributed by atoms with Crippen LogP contribution in [0.1, 0.15) is 80.2 Å². The minimum atomic E-state index is -0.657. The van der Waals surface area contributed by atoms with Crippen LogP contribution >= 0.6 is 0 Å². The summed E-state index contributed by atoms with van der Waals surface area (Å²) in [6, 6.07) is 6.44. The standard InChI is InChI=1S/C29H39N5O3/c1-4-34-26(21-8-6-5-7-9-21)18-25(31-34)28-30-27(32-37-28)23-16-19(2)24(20(3)17-23)12-15-33-13-10-22(11-14-33)29(35)36/h16-18,21-22H,4-15H2,1-3H3,(H,35,36). The van der Waals surface area contributed by atoms with Gasteiger partial charge in [-0.3, -0.25) is 9.48 Å². The molecule has 2 aliphatic rings. The van der Waals surface area contributed by atoms with E-state index in [0.29, 0.717) is 17.6 Å². The molecule has 1 N–H and O–H groups in total. The third-order valence-corrected chi connectivity index (χ3v) is 8.35. The molecule has 8 nitrogen and oxygen atoms in total. The Kier molecular flexibility index (Phi) is 7.74. The molecule has 5 rings (SSSR count). The second-order valence-corrected chi connectivity index (χ2v) is 10.8. The van der Waals surface area contributed by atoms with Crippen molar-refractivity contribution in [1.29, 1.82) is 0 Å². The summed E-state index contributed by atoms with van der Waals surface area (Å²) >= 11 is 0. The summed E-state index contributed by atoms with van der Waals surface area (Å²) in [7, 11) is 0. The molecule has 2 aromatic heterocycles. The van der Waals surface area contributed by atoms with Gasteiger partial charge in [-0.2, -0.15) is 10.1 Å². The fraction of sp³-hybridized carbons (Fsp3) is 0.586. The van der Waals surface area contributed by atoms with Crippen LogP contribution in [0.5, 0.6) is 0 Å². The Bertz CT molecular complexity index is 1210. The third-order valence-electron chi connectivity index (χ3n) is 8.35. The monoisotopic (exact) mass is 505 g/mol. The number of aryl methyl sites for hydroxylation is 3. The third kappa shape index (κ3) is 5.64. The molecule has 2 fully saturated rings. The van der Waals surface area contributed by atoms with Gasteiger partial charge < -0.3 is 14.5 Å². The first-order valence-electron chi connectivity index (χ1n) is 13.9. The van der Waals surface area contributed by atoms with Crippen LogP contribution in [0.3, 0.4) is 0 Å². The minimum absolute atomic E-state index is 0.187. The quantitative estimate of drug-likeness (QED) is 0.424. The van der Waals surface area contributed by atoms with Crippen molar-refractivity contribution in [1.82, 2.24) is 24.8 Å². The van der Waals surface area contributed by atoms with Crippen molar-refractivity contribution in [2.24, 2.45) is 5.92 Å². The van der Waals surface area contributed by atoms with Crippen molar-refractivity contribution in [3.05, 3.63) is 40.6 Å². The smallest absolute Gasteiger partial charge is 0.306 e. The Morgan fingerprint density at radius 1 is 1.05 bits per heavy atom. The van der Waals surface area contributed by atoms with Crippen molar-refractivity contribution in [3.63, 3.8) is 0 Å². The van der Waals surface area contributed by atoms with Gasteiger partial charge in [0.25, 0.3) is 5.89 Å². The van der Waals surface area contributed by atoms with Crippen LogP contribution in [0.2, 0.25) is 0 Å². The zero-order chi connectivity index (χ0) is 25.9. The van der Waals surface area contributed by atoms with Gasteiger partial charge in [0.1, 0.15) is 0 Å². The van der Waals surface area contributed by atoms with Gasteiger partial charge in [-0.1, -0.05) is 24.4 Å². The lowest BCUT2D eigenvalue weighted by Crippen LogP contribution is -2.37. The van der Waals surface area contributed by atoms with Crippen molar-refractivity contribution in [2.45, 2.75) is 84.6 Å². The van der Waals surface area contributed by atoms with Crippen molar-refractivity contribution in [2.75, 3.05) is 19.6 Å². The summed E-state index contributed by atoms with van der Waals surface area (Å²) in [5.74, 6) is 0.791. The number of carbonyl (C=O) groups is 1. The first-order valence-corrected chi connectivity index (χ1v) is 13.9. The van der Waals surface area contributed by atoms with Crippen LogP contribution in [0.15, 0.2) is 22.7 Å².